The minimum atomic E-state index is -0.547. The Kier molecular flexibility index (Phi) is 3.37. The second-order valence-corrected chi connectivity index (χ2v) is 6.44. The van der Waals surface area contributed by atoms with Gasteiger partial charge in [0, 0.05) is 29.7 Å². The molecule has 1 fully saturated rings. The number of carbonyl (C=O) groups excluding carboxylic acids is 1. The molecule has 0 bridgehead atoms. The second-order valence-electron chi connectivity index (χ2n) is 4.96. The lowest BCUT2D eigenvalue weighted by Gasteiger charge is -2.37. The molecule has 1 saturated heterocycles. The maximum Gasteiger partial charge on any atom is 0.257 e. The number of amides is 1. The van der Waals surface area contributed by atoms with Crippen molar-refractivity contribution in [2.45, 2.75) is 25.1 Å². The molecular weight excluding hydrogens is 279 g/mol. The minimum Gasteiger partial charge on any atom is -0.334 e. The minimum absolute atomic E-state index is 0.0670. The number of H-pyrrole nitrogens is 1. The largest absolute Gasteiger partial charge is 0.334 e. The normalized spacial score (nSPS) is 23.2. The van der Waals surface area contributed by atoms with Gasteiger partial charge in [0.2, 0.25) is 0 Å². The highest BCUT2D eigenvalue weighted by atomic mass is 32.2. The van der Waals surface area contributed by atoms with E-state index >= 15 is 0 Å². The van der Waals surface area contributed by atoms with E-state index in [1.165, 1.54) is 12.1 Å². The molecule has 1 aromatic carbocycles. The van der Waals surface area contributed by atoms with Crippen LogP contribution < -0.4 is 0 Å². The summed E-state index contributed by atoms with van der Waals surface area (Å²) < 4.78 is 14.1. The summed E-state index contributed by atoms with van der Waals surface area (Å²) >= 11 is 1.84. The van der Waals surface area contributed by atoms with E-state index in [4.69, 9.17) is 0 Å². The fourth-order valence-corrected chi connectivity index (χ4v) is 3.50. The molecule has 2 atom stereocenters. The van der Waals surface area contributed by atoms with E-state index in [9.17, 15) is 9.18 Å². The molecule has 106 valence electrons. The lowest BCUT2D eigenvalue weighted by atomic mass is 10.1. The molecule has 3 rings (SSSR count). The molecule has 7 heteroatoms. The fourth-order valence-electron chi connectivity index (χ4n) is 2.40. The molecule has 0 aliphatic carbocycles. The molecule has 5 nitrogen and oxygen atoms in total. The summed E-state index contributed by atoms with van der Waals surface area (Å²) in [5.74, 6) is 0.0620. The number of nitrogens with zero attached hydrogens (tertiary/aromatic N) is 3. The third kappa shape index (κ3) is 2.15. The zero-order chi connectivity index (χ0) is 14.3. The van der Waals surface area contributed by atoms with E-state index in [1.54, 1.807) is 4.90 Å². The van der Waals surface area contributed by atoms with Crippen LogP contribution in [0.15, 0.2) is 12.1 Å². The van der Waals surface area contributed by atoms with E-state index in [-0.39, 0.29) is 17.5 Å². The van der Waals surface area contributed by atoms with Crippen LogP contribution in [0.2, 0.25) is 0 Å². The Morgan fingerprint density at radius 2 is 2.10 bits per heavy atom. The maximum absolute atomic E-state index is 14.1. The topological polar surface area (TPSA) is 61.9 Å². The molecule has 0 unspecified atom stereocenters. The molecule has 0 saturated carbocycles. The van der Waals surface area contributed by atoms with Crippen LogP contribution in [-0.2, 0) is 0 Å². The van der Waals surface area contributed by atoms with Crippen molar-refractivity contribution in [1.29, 1.82) is 0 Å². The number of aromatic nitrogens is 3. The smallest absolute Gasteiger partial charge is 0.257 e. The van der Waals surface area contributed by atoms with Gasteiger partial charge in [0.1, 0.15) is 16.9 Å². The molecule has 1 aliphatic rings. The third-order valence-corrected chi connectivity index (χ3v) is 5.12. The summed E-state index contributed by atoms with van der Waals surface area (Å²) in [5.41, 5.74) is 0.994. The Hall–Kier alpha value is -1.63. The van der Waals surface area contributed by atoms with Crippen LogP contribution in [0, 0.1) is 5.82 Å². The SMILES string of the molecule is C[C@@H]1SCCN(C(=O)c2cc3n[nH]nc3cc2F)[C@@H]1C. The van der Waals surface area contributed by atoms with E-state index in [2.05, 4.69) is 22.3 Å². The van der Waals surface area contributed by atoms with Crippen molar-refractivity contribution in [3.63, 3.8) is 0 Å². The predicted octanol–water partition coefficient (Wildman–Crippen LogP) is 2.06. The molecular formula is C13H15FN4OS. The van der Waals surface area contributed by atoms with E-state index in [1.807, 2.05) is 18.7 Å². The Bertz CT molecular complexity index is 659. The number of nitrogens with one attached hydrogen (secondary N) is 1. The zero-order valence-corrected chi connectivity index (χ0v) is 12.1. The van der Waals surface area contributed by atoms with Crippen LogP contribution in [0.1, 0.15) is 24.2 Å². The molecule has 2 heterocycles. The lowest BCUT2D eigenvalue weighted by Crippen LogP contribution is -2.48. The van der Waals surface area contributed by atoms with Crippen molar-refractivity contribution in [2.75, 3.05) is 12.3 Å². The third-order valence-electron chi connectivity index (χ3n) is 3.78. The van der Waals surface area contributed by atoms with Gasteiger partial charge in [0.05, 0.1) is 5.56 Å². The molecule has 1 N–H and O–H groups in total. The van der Waals surface area contributed by atoms with E-state index in [0.717, 1.165) is 5.75 Å². The molecule has 20 heavy (non-hydrogen) atoms. The highest BCUT2D eigenvalue weighted by Crippen LogP contribution is 2.26. The van der Waals surface area contributed by atoms with Gasteiger partial charge in [-0.25, -0.2) is 4.39 Å². The number of benzene rings is 1. The number of thioether (sulfide) groups is 1. The molecule has 1 aliphatic heterocycles. The Labute approximate surface area is 119 Å². The average Bonchev–Trinajstić information content (AvgIpc) is 2.87. The van der Waals surface area contributed by atoms with Crippen LogP contribution >= 0.6 is 11.8 Å². The summed E-state index contributed by atoms with van der Waals surface area (Å²) in [7, 11) is 0. The predicted molar refractivity (Wildman–Crippen MR) is 76.3 cm³/mol. The maximum atomic E-state index is 14.1. The average molecular weight is 294 g/mol. The van der Waals surface area contributed by atoms with Crippen molar-refractivity contribution < 1.29 is 9.18 Å². The van der Waals surface area contributed by atoms with Crippen LogP contribution in [-0.4, -0.2) is 49.8 Å². The van der Waals surface area contributed by atoms with Gasteiger partial charge in [0.15, 0.2) is 0 Å². The Balaban J connectivity index is 1.97. The first kappa shape index (κ1) is 13.4. The van der Waals surface area contributed by atoms with Crippen LogP contribution in [0.5, 0.6) is 0 Å². The highest BCUT2D eigenvalue weighted by Gasteiger charge is 2.31. The van der Waals surface area contributed by atoms with Gasteiger partial charge in [-0.2, -0.15) is 27.2 Å². The lowest BCUT2D eigenvalue weighted by molar-refractivity contribution is 0.0693. The summed E-state index contributed by atoms with van der Waals surface area (Å²) in [5, 5.41) is 10.5. The molecule has 0 radical (unpaired) electrons. The van der Waals surface area contributed by atoms with Gasteiger partial charge in [-0.3, -0.25) is 4.79 Å². The first-order chi connectivity index (χ1) is 9.58. The number of hydrogen-bond donors (Lipinski definition) is 1. The molecule has 1 aromatic heterocycles. The highest BCUT2D eigenvalue weighted by molar-refractivity contribution is 8.00. The number of fused-ring (bicyclic) bond motifs is 1. The summed E-state index contributed by atoms with van der Waals surface area (Å²) in [6.45, 7) is 4.73. The van der Waals surface area contributed by atoms with Crippen LogP contribution in [0.25, 0.3) is 11.0 Å². The van der Waals surface area contributed by atoms with Crippen molar-refractivity contribution >= 4 is 28.7 Å². The number of rotatable bonds is 1. The number of halogens is 1. The van der Waals surface area contributed by atoms with Gasteiger partial charge < -0.3 is 4.90 Å². The standard InChI is InChI=1S/C13H15FN4OS/c1-7-8(2)20-4-3-18(7)13(19)9-5-11-12(6-10(9)14)16-17-15-11/h5-8H,3-4H2,1-2H3,(H,15,16,17)/t7-,8+/m1/s1. The van der Waals surface area contributed by atoms with Crippen LogP contribution in [0.3, 0.4) is 0 Å². The van der Waals surface area contributed by atoms with Crippen molar-refractivity contribution in [1.82, 2.24) is 20.3 Å². The first-order valence-corrected chi connectivity index (χ1v) is 7.55. The van der Waals surface area contributed by atoms with Crippen molar-refractivity contribution in [2.24, 2.45) is 0 Å². The molecule has 0 spiro atoms. The van der Waals surface area contributed by atoms with Gasteiger partial charge in [-0.05, 0) is 13.0 Å². The van der Waals surface area contributed by atoms with Gasteiger partial charge in [-0.15, -0.1) is 0 Å². The monoisotopic (exact) mass is 294 g/mol. The molecule has 2 aromatic rings. The second kappa shape index (κ2) is 5.05. The Morgan fingerprint density at radius 3 is 2.85 bits per heavy atom. The van der Waals surface area contributed by atoms with Crippen LogP contribution in [0.4, 0.5) is 4.39 Å². The number of carbonyl (C=O) groups is 1. The number of hydrogen-bond acceptors (Lipinski definition) is 4. The van der Waals surface area contributed by atoms with Gasteiger partial charge >= 0.3 is 0 Å². The zero-order valence-electron chi connectivity index (χ0n) is 11.3. The number of aromatic amines is 1. The van der Waals surface area contributed by atoms with Crippen molar-refractivity contribution in [3.8, 4) is 0 Å². The van der Waals surface area contributed by atoms with E-state index in [0.29, 0.717) is 22.8 Å². The Morgan fingerprint density at radius 1 is 1.40 bits per heavy atom. The quantitative estimate of drug-likeness (QED) is 0.874. The summed E-state index contributed by atoms with van der Waals surface area (Å²) in [6, 6.07) is 2.81. The first-order valence-electron chi connectivity index (χ1n) is 6.50. The van der Waals surface area contributed by atoms with Crippen molar-refractivity contribution in [3.05, 3.63) is 23.5 Å². The summed E-state index contributed by atoms with van der Waals surface area (Å²) in [6.07, 6.45) is 0. The van der Waals surface area contributed by atoms with Gasteiger partial charge in [0.25, 0.3) is 5.91 Å². The summed E-state index contributed by atoms with van der Waals surface area (Å²) in [4.78, 5) is 14.3. The fraction of sp³-hybridized carbons (Fsp3) is 0.462. The molecule has 1 amide bonds. The van der Waals surface area contributed by atoms with Gasteiger partial charge in [-0.1, -0.05) is 6.92 Å². The van der Waals surface area contributed by atoms with E-state index < -0.39 is 5.82 Å².